The number of aryl methyl sites for hydroxylation is 1. The summed E-state index contributed by atoms with van der Waals surface area (Å²) in [6.45, 7) is 0. The SMILES string of the molecule is Cn1cc(C[C@H](N)C(=O)N[C@H]([C]=O)CCC(=O)O)c2ccccc21. The Hall–Kier alpha value is -2.67. The lowest BCUT2D eigenvalue weighted by Crippen LogP contribution is -2.47. The van der Waals surface area contributed by atoms with Crippen molar-refractivity contribution >= 4 is 29.1 Å². The minimum atomic E-state index is -1.04. The molecule has 127 valence electrons. The summed E-state index contributed by atoms with van der Waals surface area (Å²) >= 11 is 0. The maximum absolute atomic E-state index is 12.1. The molecule has 7 nitrogen and oxygen atoms in total. The van der Waals surface area contributed by atoms with E-state index in [-0.39, 0.29) is 12.8 Å². The van der Waals surface area contributed by atoms with Crippen LogP contribution in [-0.2, 0) is 27.9 Å². The Morgan fingerprint density at radius 2 is 2.08 bits per heavy atom. The van der Waals surface area contributed by atoms with Crippen LogP contribution < -0.4 is 11.1 Å². The first-order chi connectivity index (χ1) is 11.4. The Labute approximate surface area is 139 Å². The average Bonchev–Trinajstić information content (AvgIpc) is 2.87. The summed E-state index contributed by atoms with van der Waals surface area (Å²) in [4.78, 5) is 33.5. The molecule has 0 saturated heterocycles. The standard InChI is InChI=1S/C17H20N3O4/c1-20-9-11(13-4-2-3-5-15(13)20)8-14(18)17(24)19-12(10-21)6-7-16(22)23/h2-5,9,12,14H,6-8,18H2,1H3,(H,19,24)(H,22,23)/t12-,14-/m0/s1. The van der Waals surface area contributed by atoms with Gasteiger partial charge in [0.25, 0.3) is 0 Å². The molecule has 0 aliphatic carbocycles. The number of nitrogens with two attached hydrogens (primary N) is 1. The second-order valence-corrected chi connectivity index (χ2v) is 5.70. The summed E-state index contributed by atoms with van der Waals surface area (Å²) in [6.07, 6.45) is 3.64. The van der Waals surface area contributed by atoms with E-state index < -0.39 is 24.0 Å². The third-order valence-electron chi connectivity index (χ3n) is 3.86. The molecule has 4 N–H and O–H groups in total. The molecule has 0 aliphatic heterocycles. The number of hydrogen-bond acceptors (Lipinski definition) is 4. The number of carbonyl (C=O) groups is 2. The predicted molar refractivity (Wildman–Crippen MR) is 89.1 cm³/mol. The van der Waals surface area contributed by atoms with Crippen molar-refractivity contribution in [2.24, 2.45) is 12.8 Å². The normalized spacial score (nSPS) is 13.4. The summed E-state index contributed by atoms with van der Waals surface area (Å²) in [5.41, 5.74) is 7.92. The van der Waals surface area contributed by atoms with Crippen molar-refractivity contribution < 1.29 is 19.5 Å². The Morgan fingerprint density at radius 3 is 2.75 bits per heavy atom. The molecular formula is C17H20N3O4. The molecule has 0 unspecified atom stereocenters. The molecule has 24 heavy (non-hydrogen) atoms. The number of para-hydroxylation sites is 1. The van der Waals surface area contributed by atoms with Gasteiger partial charge < -0.3 is 20.7 Å². The van der Waals surface area contributed by atoms with Crippen molar-refractivity contribution in [3.63, 3.8) is 0 Å². The molecule has 0 aliphatic rings. The molecule has 1 radical (unpaired) electrons. The first-order valence-corrected chi connectivity index (χ1v) is 7.60. The third kappa shape index (κ3) is 4.20. The molecule has 1 heterocycles. The van der Waals surface area contributed by atoms with Gasteiger partial charge in [-0.15, -0.1) is 0 Å². The zero-order chi connectivity index (χ0) is 17.7. The molecule has 0 bridgehead atoms. The minimum Gasteiger partial charge on any atom is -0.481 e. The van der Waals surface area contributed by atoms with Crippen LogP contribution in [0.4, 0.5) is 0 Å². The largest absolute Gasteiger partial charge is 0.481 e. The molecule has 1 amide bonds. The van der Waals surface area contributed by atoms with Crippen LogP contribution >= 0.6 is 0 Å². The fourth-order valence-corrected chi connectivity index (χ4v) is 2.62. The van der Waals surface area contributed by atoms with Crippen LogP contribution in [-0.4, -0.2) is 39.9 Å². The average molecular weight is 330 g/mol. The molecule has 0 spiro atoms. The zero-order valence-electron chi connectivity index (χ0n) is 13.4. The highest BCUT2D eigenvalue weighted by molar-refractivity contribution is 5.87. The number of rotatable bonds is 8. The van der Waals surface area contributed by atoms with Crippen molar-refractivity contribution in [1.82, 2.24) is 9.88 Å². The van der Waals surface area contributed by atoms with E-state index in [0.717, 1.165) is 16.5 Å². The van der Waals surface area contributed by atoms with Gasteiger partial charge in [-0.1, -0.05) is 18.2 Å². The lowest BCUT2D eigenvalue weighted by Gasteiger charge is -2.15. The zero-order valence-corrected chi connectivity index (χ0v) is 13.4. The fourth-order valence-electron chi connectivity index (χ4n) is 2.62. The van der Waals surface area contributed by atoms with Crippen molar-refractivity contribution in [3.8, 4) is 0 Å². The summed E-state index contributed by atoms with van der Waals surface area (Å²) in [6, 6.07) is 5.99. The molecule has 1 aromatic heterocycles. The van der Waals surface area contributed by atoms with Crippen LogP contribution in [0.3, 0.4) is 0 Å². The van der Waals surface area contributed by atoms with Gasteiger partial charge in [0.15, 0.2) is 0 Å². The van der Waals surface area contributed by atoms with Crippen molar-refractivity contribution in [2.45, 2.75) is 31.3 Å². The number of aliphatic carboxylic acids is 1. The molecule has 2 rings (SSSR count). The number of amides is 1. The van der Waals surface area contributed by atoms with Crippen LogP contribution in [0.15, 0.2) is 30.5 Å². The van der Waals surface area contributed by atoms with Gasteiger partial charge in [-0.2, -0.15) is 0 Å². The molecule has 0 fully saturated rings. The molecule has 7 heteroatoms. The molecular weight excluding hydrogens is 310 g/mol. The van der Waals surface area contributed by atoms with E-state index in [2.05, 4.69) is 5.32 Å². The van der Waals surface area contributed by atoms with Crippen molar-refractivity contribution in [3.05, 3.63) is 36.0 Å². The number of hydrogen-bond donors (Lipinski definition) is 3. The van der Waals surface area contributed by atoms with Crippen LogP contribution in [0.2, 0.25) is 0 Å². The van der Waals surface area contributed by atoms with Crippen LogP contribution in [0, 0.1) is 0 Å². The maximum atomic E-state index is 12.1. The number of carbonyl (C=O) groups excluding carboxylic acids is 2. The highest BCUT2D eigenvalue weighted by Crippen LogP contribution is 2.21. The Bertz CT molecular complexity index is 753. The van der Waals surface area contributed by atoms with E-state index in [1.807, 2.05) is 42.1 Å². The van der Waals surface area contributed by atoms with Gasteiger partial charge in [-0.3, -0.25) is 14.4 Å². The van der Waals surface area contributed by atoms with Crippen LogP contribution in [0.1, 0.15) is 18.4 Å². The molecule has 1 aromatic carbocycles. The highest BCUT2D eigenvalue weighted by Gasteiger charge is 2.20. The maximum Gasteiger partial charge on any atom is 0.303 e. The number of fused-ring (bicyclic) bond motifs is 1. The number of benzene rings is 1. The monoisotopic (exact) mass is 330 g/mol. The van der Waals surface area contributed by atoms with Crippen LogP contribution in [0.5, 0.6) is 0 Å². The van der Waals surface area contributed by atoms with Gasteiger partial charge in [0, 0.05) is 30.6 Å². The van der Waals surface area contributed by atoms with E-state index in [1.54, 1.807) is 6.29 Å². The predicted octanol–water partition coefficient (Wildman–Crippen LogP) is 0.507. The van der Waals surface area contributed by atoms with E-state index in [4.69, 9.17) is 10.8 Å². The van der Waals surface area contributed by atoms with Gasteiger partial charge in [-0.25, -0.2) is 0 Å². The lowest BCUT2D eigenvalue weighted by atomic mass is 10.0. The number of carboxylic acid groups (broad SMARTS) is 1. The fraction of sp³-hybridized carbons (Fsp3) is 0.353. The van der Waals surface area contributed by atoms with Gasteiger partial charge in [0.2, 0.25) is 12.2 Å². The smallest absolute Gasteiger partial charge is 0.303 e. The van der Waals surface area contributed by atoms with E-state index >= 15 is 0 Å². The summed E-state index contributed by atoms with van der Waals surface area (Å²) in [7, 11) is 1.92. The highest BCUT2D eigenvalue weighted by atomic mass is 16.4. The van der Waals surface area contributed by atoms with E-state index in [9.17, 15) is 14.4 Å². The van der Waals surface area contributed by atoms with Crippen molar-refractivity contribution in [1.29, 1.82) is 0 Å². The Balaban J connectivity index is 2.02. The topological polar surface area (TPSA) is 114 Å². The van der Waals surface area contributed by atoms with Gasteiger partial charge in [-0.05, 0) is 24.5 Å². The first-order valence-electron chi connectivity index (χ1n) is 7.60. The summed E-state index contributed by atoms with van der Waals surface area (Å²) in [5.74, 6) is -1.54. The molecule has 2 atom stereocenters. The third-order valence-corrected chi connectivity index (χ3v) is 3.86. The number of nitrogens with one attached hydrogen (secondary N) is 1. The first kappa shape index (κ1) is 17.7. The van der Waals surface area contributed by atoms with E-state index in [0.29, 0.717) is 6.42 Å². The second-order valence-electron chi connectivity index (χ2n) is 5.70. The Morgan fingerprint density at radius 1 is 1.38 bits per heavy atom. The lowest BCUT2D eigenvalue weighted by molar-refractivity contribution is -0.137. The van der Waals surface area contributed by atoms with Crippen LogP contribution in [0.25, 0.3) is 10.9 Å². The number of carboxylic acids is 1. The van der Waals surface area contributed by atoms with Crippen molar-refractivity contribution in [2.75, 3.05) is 0 Å². The van der Waals surface area contributed by atoms with Gasteiger partial charge in [0.05, 0.1) is 12.1 Å². The Kier molecular flexibility index (Phi) is 5.70. The summed E-state index contributed by atoms with van der Waals surface area (Å²) < 4.78 is 1.96. The number of aromatic nitrogens is 1. The van der Waals surface area contributed by atoms with Gasteiger partial charge >= 0.3 is 5.97 Å². The minimum absolute atomic E-state index is 0.00837. The van der Waals surface area contributed by atoms with Gasteiger partial charge in [0.1, 0.15) is 0 Å². The molecule has 2 aromatic rings. The quantitative estimate of drug-likeness (QED) is 0.652. The molecule has 0 saturated carbocycles. The summed E-state index contributed by atoms with van der Waals surface area (Å²) in [5, 5.41) is 12.1. The number of nitrogens with zero attached hydrogens (tertiary/aromatic N) is 1. The van der Waals surface area contributed by atoms with E-state index in [1.165, 1.54) is 0 Å². The second kappa shape index (κ2) is 7.74.